The van der Waals surface area contributed by atoms with Crippen molar-refractivity contribution in [2.75, 3.05) is 7.11 Å². The summed E-state index contributed by atoms with van der Waals surface area (Å²) in [7, 11) is 1.27. The summed E-state index contributed by atoms with van der Waals surface area (Å²) in [4.78, 5) is 21.2. The zero-order valence-corrected chi connectivity index (χ0v) is 9.58. The monoisotopic (exact) mass is 243 g/mol. The lowest BCUT2D eigenvalue weighted by atomic mass is 10.1. The predicted molar refractivity (Wildman–Crippen MR) is 58.6 cm³/mol. The summed E-state index contributed by atoms with van der Waals surface area (Å²) in [6.07, 6.45) is 0.00810. The van der Waals surface area contributed by atoms with E-state index in [1.165, 1.54) is 19.2 Å². The third-order valence-corrected chi connectivity index (χ3v) is 2.72. The molecule has 0 saturated heterocycles. The molecule has 5 nitrogen and oxygen atoms in total. The molecule has 1 rings (SSSR count). The molecular formula is C10H10ClNO4. The fourth-order valence-corrected chi connectivity index (χ4v) is 1.52. The lowest BCUT2D eigenvalue weighted by Crippen LogP contribution is -2.06. The van der Waals surface area contributed by atoms with E-state index in [2.05, 4.69) is 4.74 Å². The van der Waals surface area contributed by atoms with Gasteiger partial charge >= 0.3 is 5.97 Å². The fourth-order valence-electron chi connectivity index (χ4n) is 1.29. The van der Waals surface area contributed by atoms with E-state index in [9.17, 15) is 14.9 Å². The average Bonchev–Trinajstić information content (AvgIpc) is 2.24. The molecule has 86 valence electrons. The average molecular weight is 244 g/mol. The number of hydrogen-bond acceptors (Lipinski definition) is 4. The molecule has 1 aromatic rings. The largest absolute Gasteiger partial charge is 0.469 e. The van der Waals surface area contributed by atoms with Gasteiger partial charge in [-0.25, -0.2) is 0 Å². The molecule has 0 saturated carbocycles. The molecule has 0 atom stereocenters. The number of carbonyl (C=O) groups excluding carboxylic acids is 1. The first-order chi connectivity index (χ1) is 7.47. The highest BCUT2D eigenvalue weighted by atomic mass is 35.5. The number of esters is 1. The van der Waals surface area contributed by atoms with Crippen LogP contribution in [-0.4, -0.2) is 18.0 Å². The van der Waals surface area contributed by atoms with Crippen molar-refractivity contribution in [1.29, 1.82) is 0 Å². The van der Waals surface area contributed by atoms with Crippen LogP contribution in [0.15, 0.2) is 12.1 Å². The number of nitro groups is 1. The van der Waals surface area contributed by atoms with Crippen molar-refractivity contribution in [2.45, 2.75) is 13.3 Å². The van der Waals surface area contributed by atoms with Crippen molar-refractivity contribution in [3.63, 3.8) is 0 Å². The van der Waals surface area contributed by atoms with E-state index in [4.69, 9.17) is 11.6 Å². The number of ether oxygens (including phenoxy) is 1. The smallest absolute Gasteiger partial charge is 0.310 e. The second kappa shape index (κ2) is 4.94. The fraction of sp³-hybridized carbons (Fsp3) is 0.300. The molecule has 0 amide bonds. The topological polar surface area (TPSA) is 69.4 Å². The Kier molecular flexibility index (Phi) is 3.84. The lowest BCUT2D eigenvalue weighted by Gasteiger charge is -2.06. The van der Waals surface area contributed by atoms with E-state index >= 15 is 0 Å². The Morgan fingerprint density at radius 2 is 2.19 bits per heavy atom. The Morgan fingerprint density at radius 3 is 2.69 bits per heavy atom. The molecule has 0 bridgehead atoms. The summed E-state index contributed by atoms with van der Waals surface area (Å²) in [6, 6.07) is 2.80. The van der Waals surface area contributed by atoms with Crippen molar-refractivity contribution in [1.82, 2.24) is 0 Å². The summed E-state index contributed by atoms with van der Waals surface area (Å²) >= 11 is 5.93. The highest BCUT2D eigenvalue weighted by Crippen LogP contribution is 2.29. The van der Waals surface area contributed by atoms with Crippen LogP contribution in [0.2, 0.25) is 5.02 Å². The minimum absolute atomic E-state index is 0.00810. The molecule has 16 heavy (non-hydrogen) atoms. The summed E-state index contributed by atoms with van der Waals surface area (Å²) in [5.41, 5.74) is 0.823. The van der Waals surface area contributed by atoms with Crippen LogP contribution in [0.25, 0.3) is 0 Å². The molecule has 0 aliphatic carbocycles. The third-order valence-electron chi connectivity index (χ3n) is 2.20. The number of nitro benzene ring substituents is 1. The van der Waals surface area contributed by atoms with Gasteiger partial charge in [0, 0.05) is 11.6 Å². The lowest BCUT2D eigenvalue weighted by molar-refractivity contribution is -0.385. The number of hydrogen-bond donors (Lipinski definition) is 0. The SMILES string of the molecule is COC(=O)Cc1ccc([N+](=O)[O-])c(C)c1Cl. The Labute approximate surface area is 97.1 Å². The number of nitrogens with zero attached hydrogens (tertiary/aromatic N) is 1. The van der Waals surface area contributed by atoms with Gasteiger partial charge in [-0.15, -0.1) is 0 Å². The molecule has 0 radical (unpaired) electrons. The van der Waals surface area contributed by atoms with Gasteiger partial charge in [-0.2, -0.15) is 0 Å². The van der Waals surface area contributed by atoms with Gasteiger partial charge < -0.3 is 4.74 Å². The summed E-state index contributed by atoms with van der Waals surface area (Å²) in [5, 5.41) is 10.9. The summed E-state index contributed by atoms with van der Waals surface area (Å²) < 4.78 is 4.50. The van der Waals surface area contributed by atoms with Gasteiger partial charge in [0.1, 0.15) is 0 Å². The van der Waals surface area contributed by atoms with Gasteiger partial charge in [0.25, 0.3) is 5.69 Å². The first-order valence-corrected chi connectivity index (χ1v) is 4.84. The van der Waals surface area contributed by atoms with Gasteiger partial charge in [0.05, 0.1) is 23.5 Å². The van der Waals surface area contributed by atoms with Crippen LogP contribution in [0.4, 0.5) is 5.69 Å². The molecule has 0 heterocycles. The normalized spacial score (nSPS) is 9.94. The predicted octanol–water partition coefficient (Wildman–Crippen LogP) is 2.27. The maximum absolute atomic E-state index is 11.0. The number of carbonyl (C=O) groups is 1. The van der Waals surface area contributed by atoms with E-state index in [-0.39, 0.29) is 17.1 Å². The van der Waals surface area contributed by atoms with Crippen molar-refractivity contribution < 1.29 is 14.5 Å². The standard InChI is InChI=1S/C10H10ClNO4/c1-6-8(12(14)15)4-3-7(10(6)11)5-9(13)16-2/h3-4H,5H2,1-2H3. The summed E-state index contributed by atoms with van der Waals surface area (Å²) in [6.45, 7) is 1.54. The van der Waals surface area contributed by atoms with Gasteiger partial charge in [-0.1, -0.05) is 17.7 Å². The Hall–Kier alpha value is -1.62. The second-order valence-electron chi connectivity index (χ2n) is 3.19. The van der Waals surface area contributed by atoms with Gasteiger partial charge in [0.15, 0.2) is 0 Å². The highest BCUT2D eigenvalue weighted by Gasteiger charge is 2.17. The Morgan fingerprint density at radius 1 is 1.56 bits per heavy atom. The molecule has 0 aliphatic heterocycles. The molecule has 0 N–H and O–H groups in total. The molecule has 0 aliphatic rings. The van der Waals surface area contributed by atoms with Crippen molar-refractivity contribution in [3.8, 4) is 0 Å². The second-order valence-corrected chi connectivity index (χ2v) is 3.57. The summed E-state index contributed by atoms with van der Waals surface area (Å²) in [5.74, 6) is -0.435. The zero-order valence-electron chi connectivity index (χ0n) is 8.82. The van der Waals surface area contributed by atoms with Gasteiger partial charge in [-0.05, 0) is 12.5 Å². The molecule has 0 aromatic heterocycles. The first-order valence-electron chi connectivity index (χ1n) is 4.46. The maximum Gasteiger partial charge on any atom is 0.310 e. The number of methoxy groups -OCH3 is 1. The minimum atomic E-state index is -0.511. The van der Waals surface area contributed by atoms with E-state index < -0.39 is 10.9 Å². The van der Waals surface area contributed by atoms with E-state index in [1.807, 2.05) is 0 Å². The molecule has 0 unspecified atom stereocenters. The first kappa shape index (κ1) is 12.4. The van der Waals surface area contributed by atoms with Crippen LogP contribution < -0.4 is 0 Å². The quantitative estimate of drug-likeness (QED) is 0.464. The Balaban J connectivity index is 3.12. The highest BCUT2D eigenvalue weighted by molar-refractivity contribution is 6.32. The number of halogens is 1. The third kappa shape index (κ3) is 2.49. The van der Waals surface area contributed by atoms with Crippen LogP contribution in [0.3, 0.4) is 0 Å². The van der Waals surface area contributed by atoms with Gasteiger partial charge in [-0.3, -0.25) is 14.9 Å². The van der Waals surface area contributed by atoms with Gasteiger partial charge in [0.2, 0.25) is 0 Å². The van der Waals surface area contributed by atoms with Crippen LogP contribution >= 0.6 is 11.6 Å². The van der Waals surface area contributed by atoms with Crippen molar-refractivity contribution >= 4 is 23.3 Å². The van der Waals surface area contributed by atoms with Crippen LogP contribution in [0.1, 0.15) is 11.1 Å². The van der Waals surface area contributed by atoms with Crippen molar-refractivity contribution in [2.24, 2.45) is 0 Å². The Bertz CT molecular complexity index is 445. The maximum atomic E-state index is 11.0. The van der Waals surface area contributed by atoms with E-state index in [1.54, 1.807) is 6.92 Å². The number of benzene rings is 1. The molecule has 0 fully saturated rings. The van der Waals surface area contributed by atoms with Crippen LogP contribution in [-0.2, 0) is 16.0 Å². The van der Waals surface area contributed by atoms with E-state index in [0.29, 0.717) is 11.1 Å². The molecule has 1 aromatic carbocycles. The number of rotatable bonds is 3. The molecular weight excluding hydrogens is 234 g/mol. The molecule has 6 heteroatoms. The van der Waals surface area contributed by atoms with E-state index in [0.717, 1.165) is 0 Å². The minimum Gasteiger partial charge on any atom is -0.469 e. The van der Waals surface area contributed by atoms with Crippen LogP contribution in [0, 0.1) is 17.0 Å². The zero-order chi connectivity index (χ0) is 12.3. The molecule has 0 spiro atoms. The van der Waals surface area contributed by atoms with Crippen molar-refractivity contribution in [3.05, 3.63) is 38.4 Å². The van der Waals surface area contributed by atoms with Crippen LogP contribution in [0.5, 0.6) is 0 Å².